The molecule has 1 aliphatic rings. The summed E-state index contributed by atoms with van der Waals surface area (Å²) >= 11 is 0. The number of hydrogen-bond acceptors (Lipinski definition) is 5. The lowest BCUT2D eigenvalue weighted by atomic mass is 9.79. The molecule has 7 heteroatoms. The number of nitrogens with zero attached hydrogens (tertiary/aromatic N) is 3. The van der Waals surface area contributed by atoms with E-state index in [4.69, 9.17) is 5.73 Å². The van der Waals surface area contributed by atoms with Gasteiger partial charge in [0, 0.05) is 13.2 Å². The second-order valence-electron chi connectivity index (χ2n) is 5.51. The molecule has 0 unspecified atom stereocenters. The summed E-state index contributed by atoms with van der Waals surface area (Å²) in [5.74, 6) is 0.820. The number of hydrogen-bond donors (Lipinski definition) is 3. The number of anilines is 1. The smallest absolute Gasteiger partial charge is 0.280 e. The zero-order valence-corrected chi connectivity index (χ0v) is 11.2. The number of aromatic amines is 1. The summed E-state index contributed by atoms with van der Waals surface area (Å²) in [5, 5.41) is 9.48. The van der Waals surface area contributed by atoms with Crippen molar-refractivity contribution in [2.24, 2.45) is 11.8 Å². The maximum Gasteiger partial charge on any atom is 0.280 e. The fraction of sp³-hybridized carbons (Fsp3) is 0.615. The maximum atomic E-state index is 11.7. The van der Waals surface area contributed by atoms with Crippen LogP contribution in [-0.2, 0) is 6.54 Å². The molecular weight excluding hydrogens is 258 g/mol. The molecule has 108 valence electrons. The van der Waals surface area contributed by atoms with E-state index in [0.29, 0.717) is 23.0 Å². The summed E-state index contributed by atoms with van der Waals surface area (Å²) < 4.78 is 1.87. The number of imidazole rings is 1. The Balaban J connectivity index is 1.92. The molecule has 1 fully saturated rings. The monoisotopic (exact) mass is 277 g/mol. The average molecular weight is 277 g/mol. The van der Waals surface area contributed by atoms with Crippen LogP contribution in [0.4, 0.5) is 5.95 Å². The highest BCUT2D eigenvalue weighted by atomic mass is 16.3. The van der Waals surface area contributed by atoms with Gasteiger partial charge in [-0.3, -0.25) is 9.78 Å². The first-order chi connectivity index (χ1) is 9.69. The molecule has 2 aromatic heterocycles. The molecule has 2 aromatic rings. The number of nitrogens with two attached hydrogens (primary N) is 1. The molecule has 0 bridgehead atoms. The molecule has 0 saturated heterocycles. The summed E-state index contributed by atoms with van der Waals surface area (Å²) in [6, 6.07) is 0. The number of nitrogen functional groups attached to an aromatic ring is 1. The third-order valence-electron chi connectivity index (χ3n) is 4.23. The molecule has 2 heterocycles. The van der Waals surface area contributed by atoms with Gasteiger partial charge in [-0.2, -0.15) is 4.98 Å². The second-order valence-corrected chi connectivity index (χ2v) is 5.51. The number of aliphatic hydroxyl groups excluding tert-OH is 1. The van der Waals surface area contributed by atoms with Gasteiger partial charge >= 0.3 is 0 Å². The molecule has 2 atom stereocenters. The van der Waals surface area contributed by atoms with Crippen molar-refractivity contribution in [1.82, 2.24) is 19.5 Å². The van der Waals surface area contributed by atoms with Crippen LogP contribution in [-0.4, -0.2) is 31.2 Å². The summed E-state index contributed by atoms with van der Waals surface area (Å²) in [6.45, 7) is 0.936. The Bertz CT molecular complexity index is 662. The van der Waals surface area contributed by atoms with Crippen molar-refractivity contribution in [1.29, 1.82) is 0 Å². The predicted molar refractivity (Wildman–Crippen MR) is 75.1 cm³/mol. The SMILES string of the molecule is Nc1nc2c(ncn2C[C@@H]2CCCC[C@@H]2CO)c(=O)[nH]1. The minimum Gasteiger partial charge on any atom is -0.396 e. The number of aliphatic hydroxyl groups is 1. The van der Waals surface area contributed by atoms with E-state index in [0.717, 1.165) is 19.4 Å². The van der Waals surface area contributed by atoms with E-state index < -0.39 is 0 Å². The minimum absolute atomic E-state index is 0.103. The van der Waals surface area contributed by atoms with Crippen LogP contribution in [0.1, 0.15) is 25.7 Å². The summed E-state index contributed by atoms with van der Waals surface area (Å²) in [7, 11) is 0. The maximum absolute atomic E-state index is 11.7. The Labute approximate surface area is 115 Å². The van der Waals surface area contributed by atoms with Crippen molar-refractivity contribution in [2.75, 3.05) is 12.3 Å². The Morgan fingerprint density at radius 1 is 1.40 bits per heavy atom. The van der Waals surface area contributed by atoms with Gasteiger partial charge in [-0.05, 0) is 24.7 Å². The van der Waals surface area contributed by atoms with Gasteiger partial charge in [-0.1, -0.05) is 12.8 Å². The molecule has 7 nitrogen and oxygen atoms in total. The fourth-order valence-corrected chi connectivity index (χ4v) is 3.12. The van der Waals surface area contributed by atoms with Crippen LogP contribution in [0.5, 0.6) is 0 Å². The normalized spacial score (nSPS) is 23.2. The Morgan fingerprint density at radius 3 is 2.90 bits per heavy atom. The summed E-state index contributed by atoms with van der Waals surface area (Å²) in [5.41, 5.74) is 6.12. The second kappa shape index (κ2) is 5.24. The molecule has 0 radical (unpaired) electrons. The van der Waals surface area contributed by atoms with Gasteiger partial charge in [0.25, 0.3) is 5.56 Å². The molecule has 1 aliphatic carbocycles. The highest BCUT2D eigenvalue weighted by Gasteiger charge is 2.25. The fourth-order valence-electron chi connectivity index (χ4n) is 3.12. The van der Waals surface area contributed by atoms with Crippen LogP contribution in [0.25, 0.3) is 11.2 Å². The van der Waals surface area contributed by atoms with Crippen LogP contribution in [0.3, 0.4) is 0 Å². The van der Waals surface area contributed by atoms with Gasteiger partial charge in [-0.15, -0.1) is 0 Å². The van der Waals surface area contributed by atoms with Crippen LogP contribution in [0, 0.1) is 11.8 Å². The largest absolute Gasteiger partial charge is 0.396 e. The Hall–Kier alpha value is -1.89. The zero-order chi connectivity index (χ0) is 14.1. The first kappa shape index (κ1) is 13.1. The van der Waals surface area contributed by atoms with Gasteiger partial charge in [-0.25, -0.2) is 4.98 Å². The molecule has 3 rings (SSSR count). The van der Waals surface area contributed by atoms with E-state index in [1.807, 2.05) is 4.57 Å². The number of rotatable bonds is 3. The first-order valence-electron chi connectivity index (χ1n) is 7.00. The Kier molecular flexibility index (Phi) is 3.43. The number of H-pyrrole nitrogens is 1. The van der Waals surface area contributed by atoms with E-state index in [-0.39, 0.29) is 18.1 Å². The third-order valence-corrected chi connectivity index (χ3v) is 4.23. The van der Waals surface area contributed by atoms with E-state index in [1.54, 1.807) is 6.33 Å². The molecule has 0 aromatic carbocycles. The standard InChI is InChI=1S/C13H19N5O2/c14-13-16-11-10(12(20)17-13)15-7-18(11)5-8-3-1-2-4-9(8)6-19/h7-9,19H,1-6H2,(H3,14,16,17,20)/t8-,9+/m0/s1. The molecule has 0 amide bonds. The molecular formula is C13H19N5O2. The molecule has 20 heavy (non-hydrogen) atoms. The average Bonchev–Trinajstić information content (AvgIpc) is 2.83. The number of fused-ring (bicyclic) bond motifs is 1. The first-order valence-corrected chi connectivity index (χ1v) is 7.00. The van der Waals surface area contributed by atoms with Gasteiger partial charge in [0.15, 0.2) is 11.2 Å². The topological polar surface area (TPSA) is 110 Å². The predicted octanol–water partition coefficient (Wildman–Crippen LogP) is 0.500. The van der Waals surface area contributed by atoms with Crippen LogP contribution in [0.15, 0.2) is 11.1 Å². The van der Waals surface area contributed by atoms with Crippen molar-refractivity contribution in [2.45, 2.75) is 32.2 Å². The van der Waals surface area contributed by atoms with Crippen molar-refractivity contribution in [3.05, 3.63) is 16.7 Å². The van der Waals surface area contributed by atoms with Crippen molar-refractivity contribution in [3.8, 4) is 0 Å². The van der Waals surface area contributed by atoms with Gasteiger partial charge in [0.1, 0.15) is 0 Å². The van der Waals surface area contributed by atoms with Crippen LogP contribution >= 0.6 is 0 Å². The quantitative estimate of drug-likeness (QED) is 0.756. The minimum atomic E-state index is -0.311. The van der Waals surface area contributed by atoms with Crippen molar-refractivity contribution < 1.29 is 5.11 Å². The van der Waals surface area contributed by atoms with Crippen molar-refractivity contribution >= 4 is 17.1 Å². The van der Waals surface area contributed by atoms with Crippen LogP contribution in [0.2, 0.25) is 0 Å². The van der Waals surface area contributed by atoms with Gasteiger partial charge in [0.05, 0.1) is 6.33 Å². The number of nitrogens with one attached hydrogen (secondary N) is 1. The van der Waals surface area contributed by atoms with Gasteiger partial charge < -0.3 is 15.4 Å². The van der Waals surface area contributed by atoms with Crippen molar-refractivity contribution in [3.63, 3.8) is 0 Å². The highest BCUT2D eigenvalue weighted by molar-refractivity contribution is 5.70. The van der Waals surface area contributed by atoms with E-state index in [9.17, 15) is 9.90 Å². The van der Waals surface area contributed by atoms with E-state index >= 15 is 0 Å². The molecule has 1 saturated carbocycles. The van der Waals surface area contributed by atoms with Gasteiger partial charge in [0.2, 0.25) is 5.95 Å². The molecule has 0 aliphatic heterocycles. The summed E-state index contributed by atoms with van der Waals surface area (Å²) in [6.07, 6.45) is 6.14. The lowest BCUT2D eigenvalue weighted by molar-refractivity contribution is 0.124. The lowest BCUT2D eigenvalue weighted by Crippen LogP contribution is -2.26. The Morgan fingerprint density at radius 2 is 2.15 bits per heavy atom. The molecule has 0 spiro atoms. The number of aromatic nitrogens is 4. The lowest BCUT2D eigenvalue weighted by Gasteiger charge is -2.30. The molecule has 4 N–H and O–H groups in total. The third kappa shape index (κ3) is 2.29. The van der Waals surface area contributed by atoms with Crippen LogP contribution < -0.4 is 11.3 Å². The zero-order valence-electron chi connectivity index (χ0n) is 11.2. The van der Waals surface area contributed by atoms with E-state index in [2.05, 4.69) is 15.0 Å². The van der Waals surface area contributed by atoms with E-state index in [1.165, 1.54) is 12.8 Å². The highest BCUT2D eigenvalue weighted by Crippen LogP contribution is 2.31. The summed E-state index contributed by atoms with van der Waals surface area (Å²) in [4.78, 5) is 22.5.